The number of nitrogens with two attached hydrogens (primary N) is 1. The predicted octanol–water partition coefficient (Wildman–Crippen LogP) is 2.13. The van der Waals surface area contributed by atoms with Crippen LogP contribution in [0.15, 0.2) is 30.6 Å². The summed E-state index contributed by atoms with van der Waals surface area (Å²) in [5, 5.41) is 0. The largest absolute Gasteiger partial charge is 0.334 e. The Labute approximate surface area is 101 Å². The van der Waals surface area contributed by atoms with Crippen LogP contribution in [0, 0.1) is 6.92 Å². The van der Waals surface area contributed by atoms with Crippen molar-refractivity contribution in [2.24, 2.45) is 5.73 Å². The van der Waals surface area contributed by atoms with E-state index in [-0.39, 0.29) is 6.04 Å². The molecule has 1 aromatic carbocycles. The molecule has 0 fully saturated rings. The molecular weight excluding hydrogens is 210 g/mol. The molecule has 88 valence electrons. The average molecular weight is 227 g/mol. The molecule has 1 aliphatic heterocycles. The minimum absolute atomic E-state index is 0.281. The molecule has 0 saturated heterocycles. The van der Waals surface area contributed by atoms with E-state index >= 15 is 0 Å². The van der Waals surface area contributed by atoms with Gasteiger partial charge in [-0.05, 0) is 13.3 Å². The van der Waals surface area contributed by atoms with Crippen molar-refractivity contribution in [1.29, 1.82) is 0 Å². The lowest BCUT2D eigenvalue weighted by atomic mass is 10.00. The zero-order valence-electron chi connectivity index (χ0n) is 10.1. The van der Waals surface area contributed by atoms with Gasteiger partial charge in [0.15, 0.2) is 0 Å². The summed E-state index contributed by atoms with van der Waals surface area (Å²) in [7, 11) is 0. The summed E-state index contributed by atoms with van der Waals surface area (Å²) >= 11 is 0. The van der Waals surface area contributed by atoms with E-state index in [1.54, 1.807) is 0 Å². The first-order valence-electron chi connectivity index (χ1n) is 6.10. The third kappa shape index (κ3) is 1.87. The summed E-state index contributed by atoms with van der Waals surface area (Å²) in [5.41, 5.74) is 10.9. The summed E-state index contributed by atoms with van der Waals surface area (Å²) in [6, 6.07) is 8.81. The lowest BCUT2D eigenvalue weighted by Crippen LogP contribution is -2.30. The van der Waals surface area contributed by atoms with Crippen molar-refractivity contribution in [1.82, 2.24) is 9.55 Å². The zero-order valence-corrected chi connectivity index (χ0v) is 10.1. The van der Waals surface area contributed by atoms with Crippen LogP contribution in [0.4, 0.5) is 0 Å². The van der Waals surface area contributed by atoms with Gasteiger partial charge in [-0.25, -0.2) is 4.98 Å². The molecule has 17 heavy (non-hydrogen) atoms. The van der Waals surface area contributed by atoms with Crippen LogP contribution in [0.1, 0.15) is 17.7 Å². The van der Waals surface area contributed by atoms with Crippen molar-refractivity contribution >= 4 is 0 Å². The van der Waals surface area contributed by atoms with Crippen LogP contribution in [-0.2, 0) is 13.0 Å². The van der Waals surface area contributed by atoms with Crippen molar-refractivity contribution in [3.63, 3.8) is 0 Å². The van der Waals surface area contributed by atoms with E-state index in [9.17, 15) is 0 Å². The van der Waals surface area contributed by atoms with Gasteiger partial charge in [0.05, 0.1) is 12.0 Å². The Morgan fingerprint density at radius 3 is 2.82 bits per heavy atom. The maximum Gasteiger partial charge on any atom is 0.0956 e. The van der Waals surface area contributed by atoms with Gasteiger partial charge in [-0.3, -0.25) is 0 Å². The van der Waals surface area contributed by atoms with Gasteiger partial charge in [-0.15, -0.1) is 0 Å². The second-order valence-electron chi connectivity index (χ2n) is 4.85. The van der Waals surface area contributed by atoms with E-state index in [0.29, 0.717) is 0 Å². The van der Waals surface area contributed by atoms with Crippen LogP contribution in [0.5, 0.6) is 0 Å². The van der Waals surface area contributed by atoms with Crippen LogP contribution in [0.3, 0.4) is 0 Å². The van der Waals surface area contributed by atoms with Crippen LogP contribution < -0.4 is 5.73 Å². The van der Waals surface area contributed by atoms with Crippen molar-refractivity contribution in [2.45, 2.75) is 32.4 Å². The van der Waals surface area contributed by atoms with Gasteiger partial charge in [0, 0.05) is 30.3 Å². The summed E-state index contributed by atoms with van der Waals surface area (Å²) < 4.78 is 2.23. The molecule has 2 heterocycles. The Kier molecular flexibility index (Phi) is 2.48. The Hall–Kier alpha value is -1.61. The number of nitrogens with zero attached hydrogens (tertiary/aromatic N) is 2. The highest BCUT2D eigenvalue weighted by Crippen LogP contribution is 2.26. The monoisotopic (exact) mass is 227 g/mol. The molecule has 0 radical (unpaired) electrons. The zero-order chi connectivity index (χ0) is 11.8. The second kappa shape index (κ2) is 4.00. The highest BCUT2D eigenvalue weighted by Gasteiger charge is 2.20. The highest BCUT2D eigenvalue weighted by atomic mass is 15.1. The highest BCUT2D eigenvalue weighted by molar-refractivity contribution is 5.62. The summed E-state index contributed by atoms with van der Waals surface area (Å²) in [6.07, 6.45) is 3.93. The molecule has 1 atom stereocenters. The van der Waals surface area contributed by atoms with E-state index in [0.717, 1.165) is 25.1 Å². The number of hydrogen-bond donors (Lipinski definition) is 1. The Morgan fingerprint density at radius 1 is 1.29 bits per heavy atom. The van der Waals surface area contributed by atoms with E-state index in [2.05, 4.69) is 40.7 Å². The number of aryl methyl sites for hydroxylation is 2. The summed E-state index contributed by atoms with van der Waals surface area (Å²) in [5.74, 6) is 0. The van der Waals surface area contributed by atoms with Crippen LogP contribution in [0.25, 0.3) is 11.3 Å². The Bertz CT molecular complexity index is 525. The lowest BCUT2D eigenvalue weighted by molar-refractivity contribution is 0.472. The summed E-state index contributed by atoms with van der Waals surface area (Å²) in [4.78, 5) is 4.54. The molecule has 0 saturated carbocycles. The molecule has 0 amide bonds. The Balaban J connectivity index is 2.04. The number of imidazole rings is 1. The van der Waals surface area contributed by atoms with Gasteiger partial charge in [0.2, 0.25) is 0 Å². The van der Waals surface area contributed by atoms with Gasteiger partial charge >= 0.3 is 0 Å². The van der Waals surface area contributed by atoms with Gasteiger partial charge < -0.3 is 10.3 Å². The quantitative estimate of drug-likeness (QED) is 0.811. The fourth-order valence-electron chi connectivity index (χ4n) is 2.42. The third-order valence-corrected chi connectivity index (χ3v) is 3.47. The molecule has 3 nitrogen and oxygen atoms in total. The maximum absolute atomic E-state index is 6.04. The molecule has 2 N–H and O–H groups in total. The SMILES string of the molecule is Cc1ccc(-c2ncn3c2CC(N)CC3)cc1. The maximum atomic E-state index is 6.04. The molecule has 3 rings (SSSR count). The third-order valence-electron chi connectivity index (χ3n) is 3.47. The molecule has 2 aromatic rings. The van der Waals surface area contributed by atoms with Crippen LogP contribution in [-0.4, -0.2) is 15.6 Å². The van der Waals surface area contributed by atoms with Gasteiger partial charge in [0.1, 0.15) is 0 Å². The molecule has 0 bridgehead atoms. The van der Waals surface area contributed by atoms with E-state index in [1.807, 2.05) is 6.33 Å². The van der Waals surface area contributed by atoms with Crippen molar-refractivity contribution in [3.8, 4) is 11.3 Å². The second-order valence-corrected chi connectivity index (χ2v) is 4.85. The predicted molar refractivity (Wildman–Crippen MR) is 68.7 cm³/mol. The van der Waals surface area contributed by atoms with E-state index in [1.165, 1.54) is 16.8 Å². The van der Waals surface area contributed by atoms with Crippen LogP contribution >= 0.6 is 0 Å². The van der Waals surface area contributed by atoms with Crippen molar-refractivity contribution in [3.05, 3.63) is 41.9 Å². The normalized spacial score (nSPS) is 19.1. The molecule has 1 aliphatic rings. The van der Waals surface area contributed by atoms with Gasteiger partial charge in [0.25, 0.3) is 0 Å². The topological polar surface area (TPSA) is 43.8 Å². The van der Waals surface area contributed by atoms with Crippen LogP contribution in [0.2, 0.25) is 0 Å². The minimum atomic E-state index is 0.281. The Morgan fingerprint density at radius 2 is 2.06 bits per heavy atom. The summed E-state index contributed by atoms with van der Waals surface area (Å²) in [6.45, 7) is 3.09. The average Bonchev–Trinajstić information content (AvgIpc) is 2.73. The van der Waals surface area contributed by atoms with Crippen molar-refractivity contribution < 1.29 is 0 Å². The molecular formula is C14H17N3. The molecule has 3 heteroatoms. The molecule has 1 unspecified atom stereocenters. The fraction of sp³-hybridized carbons (Fsp3) is 0.357. The number of benzene rings is 1. The first kappa shape index (κ1) is 10.5. The minimum Gasteiger partial charge on any atom is -0.334 e. The number of fused-ring (bicyclic) bond motifs is 1. The first-order valence-corrected chi connectivity index (χ1v) is 6.10. The fourth-order valence-corrected chi connectivity index (χ4v) is 2.42. The molecule has 0 aliphatic carbocycles. The number of aromatic nitrogens is 2. The molecule has 0 spiro atoms. The number of rotatable bonds is 1. The standard InChI is InChI=1S/C14H17N3/c1-10-2-4-11(5-3-10)14-13-8-12(15)6-7-17(13)9-16-14/h2-5,9,12H,6-8,15H2,1H3. The number of hydrogen-bond acceptors (Lipinski definition) is 2. The smallest absolute Gasteiger partial charge is 0.0956 e. The van der Waals surface area contributed by atoms with Crippen molar-refractivity contribution in [2.75, 3.05) is 0 Å². The lowest BCUT2D eigenvalue weighted by Gasteiger charge is -2.21. The van der Waals surface area contributed by atoms with Gasteiger partial charge in [-0.2, -0.15) is 0 Å². The van der Waals surface area contributed by atoms with E-state index in [4.69, 9.17) is 5.73 Å². The van der Waals surface area contributed by atoms with E-state index < -0.39 is 0 Å². The van der Waals surface area contributed by atoms with Gasteiger partial charge in [-0.1, -0.05) is 29.8 Å². The first-order chi connectivity index (χ1) is 8.24. The molecule has 1 aromatic heterocycles.